The van der Waals surface area contributed by atoms with Crippen LogP contribution in [-0.2, 0) is 0 Å². The van der Waals surface area contributed by atoms with Crippen LogP contribution in [0.1, 0.15) is 10.5 Å². The molecule has 0 saturated heterocycles. The van der Waals surface area contributed by atoms with Gasteiger partial charge in [-0.05, 0) is 12.1 Å². The van der Waals surface area contributed by atoms with E-state index in [-0.39, 0.29) is 16.6 Å². The van der Waals surface area contributed by atoms with E-state index in [0.29, 0.717) is 4.47 Å². The van der Waals surface area contributed by atoms with Crippen LogP contribution < -0.4 is 5.43 Å². The number of rotatable bonds is 1. The summed E-state index contributed by atoms with van der Waals surface area (Å²) >= 11 is 3.06. The second-order valence-corrected chi connectivity index (χ2v) is 4.08. The van der Waals surface area contributed by atoms with Gasteiger partial charge < -0.3 is 10.1 Å². The number of aromatic nitrogens is 1. The summed E-state index contributed by atoms with van der Waals surface area (Å²) in [6.07, 6.45) is 0. The number of hydrogen-bond donors (Lipinski definition) is 2. The van der Waals surface area contributed by atoms with E-state index in [2.05, 4.69) is 20.9 Å². The Labute approximate surface area is 96.8 Å². The predicted octanol–water partition coefficient (Wildman–Crippen LogP) is 2.13. The molecule has 1 aromatic heterocycles. The first-order valence-corrected chi connectivity index (χ1v) is 5.03. The third-order valence-corrected chi connectivity index (χ3v) is 2.54. The molecule has 6 heteroatoms. The Morgan fingerprint density at radius 2 is 2.06 bits per heavy atom. The molecular formula is C10H5BrFNO3. The molecule has 0 aliphatic carbocycles. The molecule has 0 fully saturated rings. The van der Waals surface area contributed by atoms with Crippen LogP contribution in [0.5, 0.6) is 0 Å². The van der Waals surface area contributed by atoms with Crippen molar-refractivity contribution in [1.29, 1.82) is 0 Å². The van der Waals surface area contributed by atoms with Gasteiger partial charge in [0.15, 0.2) is 5.43 Å². The number of halogens is 2. The van der Waals surface area contributed by atoms with E-state index < -0.39 is 17.2 Å². The summed E-state index contributed by atoms with van der Waals surface area (Å²) in [6.45, 7) is 0. The van der Waals surface area contributed by atoms with Gasteiger partial charge in [-0.25, -0.2) is 9.18 Å². The van der Waals surface area contributed by atoms with Gasteiger partial charge in [0.2, 0.25) is 0 Å². The lowest BCUT2D eigenvalue weighted by molar-refractivity contribution is 0.0691. The van der Waals surface area contributed by atoms with Gasteiger partial charge in [-0.15, -0.1) is 0 Å². The zero-order chi connectivity index (χ0) is 11.9. The topological polar surface area (TPSA) is 70.2 Å². The van der Waals surface area contributed by atoms with Crippen LogP contribution in [0.2, 0.25) is 0 Å². The molecular weight excluding hydrogens is 281 g/mol. The van der Waals surface area contributed by atoms with Gasteiger partial charge in [0.05, 0.1) is 5.52 Å². The second kappa shape index (κ2) is 3.71. The molecule has 1 aromatic carbocycles. The van der Waals surface area contributed by atoms with E-state index in [9.17, 15) is 14.0 Å². The Morgan fingerprint density at radius 1 is 1.38 bits per heavy atom. The average Bonchev–Trinajstić information content (AvgIpc) is 2.19. The third-order valence-electron chi connectivity index (χ3n) is 2.09. The van der Waals surface area contributed by atoms with E-state index in [1.165, 1.54) is 6.07 Å². The molecule has 0 saturated carbocycles. The smallest absolute Gasteiger partial charge is 0.352 e. The summed E-state index contributed by atoms with van der Waals surface area (Å²) < 4.78 is 13.9. The van der Waals surface area contributed by atoms with Crippen LogP contribution in [-0.4, -0.2) is 16.1 Å². The van der Waals surface area contributed by atoms with E-state index >= 15 is 0 Å². The minimum atomic E-state index is -1.30. The Balaban J connectivity index is 2.93. The monoisotopic (exact) mass is 285 g/mol. The molecule has 0 bridgehead atoms. The summed E-state index contributed by atoms with van der Waals surface area (Å²) in [4.78, 5) is 24.6. The van der Waals surface area contributed by atoms with Gasteiger partial charge in [-0.2, -0.15) is 0 Å². The predicted molar refractivity (Wildman–Crippen MR) is 59.2 cm³/mol. The van der Waals surface area contributed by atoms with Crippen molar-refractivity contribution < 1.29 is 14.3 Å². The number of fused-ring (bicyclic) bond motifs is 1. The molecule has 0 spiro atoms. The van der Waals surface area contributed by atoms with Crippen molar-refractivity contribution in [2.45, 2.75) is 0 Å². The summed E-state index contributed by atoms with van der Waals surface area (Å²) in [5.41, 5.74) is -0.974. The van der Waals surface area contributed by atoms with Crippen LogP contribution in [0.3, 0.4) is 0 Å². The highest BCUT2D eigenvalue weighted by molar-refractivity contribution is 9.10. The highest BCUT2D eigenvalue weighted by Gasteiger charge is 2.11. The first-order chi connectivity index (χ1) is 7.49. The quantitative estimate of drug-likeness (QED) is 0.843. The molecule has 1 heterocycles. The number of benzene rings is 1. The first kappa shape index (κ1) is 10.8. The van der Waals surface area contributed by atoms with Gasteiger partial charge in [0.1, 0.15) is 11.5 Å². The van der Waals surface area contributed by atoms with E-state index in [4.69, 9.17) is 5.11 Å². The lowest BCUT2D eigenvalue weighted by atomic mass is 10.2. The standard InChI is InChI=1S/C10H5BrFNO3/c11-4-1-5-8(14)3-7(10(15)16)13-9(5)6(12)2-4/h1-3H,(H,13,14)(H,15,16). The van der Waals surface area contributed by atoms with Crippen LogP contribution in [0.25, 0.3) is 10.9 Å². The normalized spacial score (nSPS) is 10.6. The van der Waals surface area contributed by atoms with Crippen molar-refractivity contribution in [3.63, 3.8) is 0 Å². The lowest BCUT2D eigenvalue weighted by Gasteiger charge is -2.02. The number of hydrogen-bond acceptors (Lipinski definition) is 2. The molecule has 2 aromatic rings. The lowest BCUT2D eigenvalue weighted by Crippen LogP contribution is -2.10. The van der Waals surface area contributed by atoms with Gasteiger partial charge in [0.25, 0.3) is 0 Å². The number of aromatic carboxylic acids is 1. The SMILES string of the molecule is O=C(O)c1cc(=O)c2cc(Br)cc(F)c2[nH]1. The maximum Gasteiger partial charge on any atom is 0.352 e. The van der Waals surface area contributed by atoms with Crippen LogP contribution in [0, 0.1) is 5.82 Å². The molecule has 16 heavy (non-hydrogen) atoms. The maximum atomic E-state index is 13.5. The van der Waals surface area contributed by atoms with Crippen LogP contribution >= 0.6 is 15.9 Å². The highest BCUT2D eigenvalue weighted by Crippen LogP contribution is 2.19. The number of H-pyrrole nitrogens is 1. The number of carboxylic acid groups (broad SMARTS) is 1. The van der Waals surface area contributed by atoms with Crippen molar-refractivity contribution >= 4 is 32.8 Å². The second-order valence-electron chi connectivity index (χ2n) is 3.16. The Morgan fingerprint density at radius 3 is 2.69 bits per heavy atom. The molecule has 0 aliphatic heterocycles. The van der Waals surface area contributed by atoms with Gasteiger partial charge in [0, 0.05) is 15.9 Å². The number of carbonyl (C=O) groups is 1. The fourth-order valence-electron chi connectivity index (χ4n) is 1.39. The third kappa shape index (κ3) is 1.71. The number of carboxylic acids is 1. The number of aromatic amines is 1. The number of pyridine rings is 1. The van der Waals surface area contributed by atoms with Gasteiger partial charge in [-0.1, -0.05) is 15.9 Å². The largest absolute Gasteiger partial charge is 0.477 e. The molecule has 0 aliphatic rings. The van der Waals surface area contributed by atoms with E-state index in [0.717, 1.165) is 12.1 Å². The minimum absolute atomic E-state index is 0.104. The average molecular weight is 286 g/mol. The fraction of sp³-hybridized carbons (Fsp3) is 0. The molecule has 82 valence electrons. The maximum absolute atomic E-state index is 13.5. The van der Waals surface area contributed by atoms with Crippen LogP contribution in [0.4, 0.5) is 4.39 Å². The van der Waals surface area contributed by atoms with Crippen molar-refractivity contribution in [2.24, 2.45) is 0 Å². The minimum Gasteiger partial charge on any atom is -0.477 e. The Bertz CT molecular complexity index is 650. The highest BCUT2D eigenvalue weighted by atomic mass is 79.9. The van der Waals surface area contributed by atoms with Crippen molar-refractivity contribution in [3.05, 3.63) is 44.4 Å². The van der Waals surface area contributed by atoms with Crippen LogP contribution in [0.15, 0.2) is 27.5 Å². The van der Waals surface area contributed by atoms with Crippen molar-refractivity contribution in [2.75, 3.05) is 0 Å². The summed E-state index contributed by atoms with van der Waals surface area (Å²) in [5, 5.41) is 8.82. The van der Waals surface area contributed by atoms with Crippen molar-refractivity contribution in [1.82, 2.24) is 4.98 Å². The van der Waals surface area contributed by atoms with Gasteiger partial charge >= 0.3 is 5.97 Å². The molecule has 0 amide bonds. The summed E-state index contributed by atoms with van der Waals surface area (Å²) in [5.74, 6) is -1.98. The zero-order valence-electron chi connectivity index (χ0n) is 7.75. The summed E-state index contributed by atoms with van der Waals surface area (Å²) in [7, 11) is 0. The molecule has 0 atom stereocenters. The molecule has 2 N–H and O–H groups in total. The number of nitrogens with one attached hydrogen (secondary N) is 1. The van der Waals surface area contributed by atoms with Gasteiger partial charge in [-0.3, -0.25) is 4.79 Å². The zero-order valence-corrected chi connectivity index (χ0v) is 9.34. The Hall–Kier alpha value is -1.69. The van der Waals surface area contributed by atoms with E-state index in [1.807, 2.05) is 0 Å². The van der Waals surface area contributed by atoms with Crippen molar-refractivity contribution in [3.8, 4) is 0 Å². The Kier molecular flexibility index (Phi) is 2.51. The first-order valence-electron chi connectivity index (χ1n) is 4.24. The molecule has 4 nitrogen and oxygen atoms in total. The molecule has 0 radical (unpaired) electrons. The molecule has 2 rings (SSSR count). The molecule has 0 unspecified atom stereocenters. The van der Waals surface area contributed by atoms with E-state index in [1.54, 1.807) is 0 Å². The fourth-order valence-corrected chi connectivity index (χ4v) is 1.82. The summed E-state index contributed by atoms with van der Waals surface area (Å²) in [6, 6.07) is 3.52.